The predicted molar refractivity (Wildman–Crippen MR) is 146 cm³/mol. The van der Waals surface area contributed by atoms with Crippen molar-refractivity contribution in [2.75, 3.05) is 25.0 Å². The van der Waals surface area contributed by atoms with Gasteiger partial charge in [0.25, 0.3) is 5.91 Å². The number of hydrogen-bond donors (Lipinski definition) is 1. The average molecular weight is 549 g/mol. The van der Waals surface area contributed by atoms with Gasteiger partial charge in [0.2, 0.25) is 0 Å². The van der Waals surface area contributed by atoms with Crippen molar-refractivity contribution in [3.05, 3.63) is 75.2 Å². The molecule has 1 aromatic carbocycles. The van der Waals surface area contributed by atoms with Gasteiger partial charge in [0.05, 0.1) is 40.1 Å². The van der Waals surface area contributed by atoms with Crippen molar-refractivity contribution in [3.63, 3.8) is 0 Å². The minimum absolute atomic E-state index is 0.00642. The van der Waals surface area contributed by atoms with E-state index in [-0.39, 0.29) is 45.9 Å². The Hall–Kier alpha value is -3.89. The second-order valence-electron chi connectivity index (χ2n) is 10.2. The molecule has 4 aromatic rings. The zero-order valence-corrected chi connectivity index (χ0v) is 22.4. The molecule has 1 N–H and O–H groups in total. The quantitative estimate of drug-likeness (QED) is 0.362. The van der Waals surface area contributed by atoms with Crippen LogP contribution in [0.15, 0.2) is 47.4 Å². The Bertz CT molecular complexity index is 1680. The second-order valence-corrected chi connectivity index (χ2v) is 10.6. The number of anilines is 1. The summed E-state index contributed by atoms with van der Waals surface area (Å²) in [5.74, 6) is -0.208. The van der Waals surface area contributed by atoms with E-state index in [1.54, 1.807) is 35.4 Å². The van der Waals surface area contributed by atoms with Crippen LogP contribution in [-0.2, 0) is 9.53 Å². The molecule has 3 aromatic heterocycles. The van der Waals surface area contributed by atoms with Crippen LogP contribution < -0.4 is 11.0 Å². The van der Waals surface area contributed by atoms with Gasteiger partial charge in [-0.15, -0.1) is 0 Å². The third-order valence-corrected chi connectivity index (χ3v) is 7.31. The molecule has 200 valence electrons. The molecule has 1 atom stereocenters. The largest absolute Gasteiger partial charge is 0.363 e. The van der Waals surface area contributed by atoms with E-state index >= 15 is 0 Å². The number of rotatable bonds is 6. The summed E-state index contributed by atoms with van der Waals surface area (Å²) in [6, 6.07) is 9.58. The third-order valence-electron chi connectivity index (χ3n) is 7.02. The number of benzene rings is 1. The van der Waals surface area contributed by atoms with Gasteiger partial charge in [-0.2, -0.15) is 4.98 Å². The molecular formula is C28H26ClFN6O3. The van der Waals surface area contributed by atoms with Crippen molar-refractivity contribution in [2.24, 2.45) is 0 Å². The Labute approximate surface area is 228 Å². The molecule has 1 amide bonds. The molecule has 2 fully saturated rings. The third kappa shape index (κ3) is 4.53. The summed E-state index contributed by atoms with van der Waals surface area (Å²) in [7, 11) is 0. The van der Waals surface area contributed by atoms with Gasteiger partial charge in [0.15, 0.2) is 11.8 Å². The fraction of sp³-hybridized carbons (Fsp3) is 0.321. The Kier molecular flexibility index (Phi) is 6.31. The Morgan fingerprint density at radius 1 is 1.21 bits per heavy atom. The second kappa shape index (κ2) is 9.69. The van der Waals surface area contributed by atoms with E-state index in [9.17, 15) is 14.0 Å². The lowest BCUT2D eigenvalue weighted by atomic mass is 10.0. The Morgan fingerprint density at radius 3 is 2.64 bits per heavy atom. The van der Waals surface area contributed by atoms with Crippen molar-refractivity contribution in [1.29, 1.82) is 0 Å². The van der Waals surface area contributed by atoms with Crippen molar-refractivity contribution in [1.82, 2.24) is 24.4 Å². The van der Waals surface area contributed by atoms with Gasteiger partial charge in [-0.1, -0.05) is 37.6 Å². The molecule has 9 nitrogen and oxygen atoms in total. The summed E-state index contributed by atoms with van der Waals surface area (Å²) < 4.78 is 21.3. The maximum atomic E-state index is 14.8. The van der Waals surface area contributed by atoms with Crippen LogP contribution in [0, 0.1) is 12.7 Å². The number of carbonyl (C=O) groups is 1. The number of likely N-dealkylation sites (tertiary alicyclic amines) is 1. The smallest absolute Gasteiger partial charge is 0.355 e. The summed E-state index contributed by atoms with van der Waals surface area (Å²) in [6.07, 6.45) is 1.36. The molecular weight excluding hydrogens is 523 g/mol. The number of aryl methyl sites for hydroxylation is 1. The molecule has 11 heteroatoms. The fourth-order valence-corrected chi connectivity index (χ4v) is 5.15. The first-order chi connectivity index (χ1) is 18.7. The monoisotopic (exact) mass is 548 g/mol. The van der Waals surface area contributed by atoms with Gasteiger partial charge >= 0.3 is 5.69 Å². The summed E-state index contributed by atoms with van der Waals surface area (Å²) >= 11 is 6.67. The highest BCUT2D eigenvalue weighted by Gasteiger charge is 2.40. The molecule has 2 aliphatic rings. The number of pyridine rings is 2. The highest BCUT2D eigenvalue weighted by atomic mass is 35.5. The highest BCUT2D eigenvalue weighted by molar-refractivity contribution is 6.33. The van der Waals surface area contributed by atoms with Crippen molar-refractivity contribution >= 4 is 34.4 Å². The van der Waals surface area contributed by atoms with E-state index in [4.69, 9.17) is 21.3 Å². The summed E-state index contributed by atoms with van der Waals surface area (Å²) in [5.41, 5.74) is 2.26. The van der Waals surface area contributed by atoms with Gasteiger partial charge in [-0.3, -0.25) is 9.78 Å². The van der Waals surface area contributed by atoms with Crippen LogP contribution in [-0.4, -0.2) is 62.2 Å². The molecule has 2 saturated heterocycles. The molecule has 0 saturated carbocycles. The fourth-order valence-electron chi connectivity index (χ4n) is 4.90. The number of epoxide rings is 1. The van der Waals surface area contributed by atoms with Crippen LogP contribution in [0.1, 0.15) is 31.0 Å². The molecule has 2 aliphatic heterocycles. The molecule has 6 rings (SSSR count). The number of fused-ring (bicyclic) bond motifs is 1. The molecule has 0 radical (unpaired) electrons. The zero-order chi connectivity index (χ0) is 27.4. The van der Waals surface area contributed by atoms with Crippen LogP contribution in [0.2, 0.25) is 5.02 Å². The lowest BCUT2D eigenvalue weighted by Gasteiger charge is -2.39. The van der Waals surface area contributed by atoms with Crippen molar-refractivity contribution in [3.8, 4) is 16.9 Å². The van der Waals surface area contributed by atoms with Crippen molar-refractivity contribution in [2.45, 2.75) is 38.8 Å². The number of nitrogens with one attached hydrogen (secondary N) is 1. The van der Waals surface area contributed by atoms with Crippen LogP contribution in [0.5, 0.6) is 0 Å². The number of amides is 1. The number of aromatic nitrogens is 4. The van der Waals surface area contributed by atoms with Crippen LogP contribution in [0.4, 0.5) is 10.2 Å². The molecule has 0 unspecified atom stereocenters. The molecule has 0 bridgehead atoms. The maximum absolute atomic E-state index is 14.8. The standard InChI is InChI=1S/C28H26ClFN6O3/c1-14(2)22-24(15(3)8-9-31-22)36-26-18(10-19(29)23(33-26)17-6-4-5-7-20(17)30)25(34-28(36)38)32-16-11-35(12-16)27(37)21-13-39-21/h4-10,14,16,21H,11-13H2,1-3H3,(H,32,34,38)/t21-/m0/s1. The zero-order valence-electron chi connectivity index (χ0n) is 21.6. The van der Waals surface area contributed by atoms with E-state index in [1.807, 2.05) is 26.8 Å². The number of carbonyl (C=O) groups excluding carboxylic acids is 1. The van der Waals surface area contributed by atoms with Crippen LogP contribution in [0.3, 0.4) is 0 Å². The summed E-state index contributed by atoms with van der Waals surface area (Å²) in [4.78, 5) is 41.4. The van der Waals surface area contributed by atoms with Gasteiger partial charge in [0.1, 0.15) is 11.6 Å². The SMILES string of the molecule is Cc1ccnc(C(C)C)c1-n1c(=O)nc(NC2CN(C(=O)[C@@H]3CO3)C2)c2cc(Cl)c(-c3ccccc3F)nc21. The lowest BCUT2D eigenvalue weighted by molar-refractivity contribution is -0.136. The predicted octanol–water partition coefficient (Wildman–Crippen LogP) is 4.09. The topological polar surface area (TPSA) is 106 Å². The molecule has 5 heterocycles. The van der Waals surface area contributed by atoms with Crippen LogP contribution >= 0.6 is 11.6 Å². The maximum Gasteiger partial charge on any atom is 0.355 e. The highest BCUT2D eigenvalue weighted by Crippen LogP contribution is 2.35. The van der Waals surface area contributed by atoms with E-state index < -0.39 is 11.5 Å². The molecule has 39 heavy (non-hydrogen) atoms. The first-order valence-corrected chi connectivity index (χ1v) is 13.1. The van der Waals surface area contributed by atoms with Gasteiger partial charge in [0, 0.05) is 24.8 Å². The average Bonchev–Trinajstić information content (AvgIpc) is 3.72. The molecule has 0 aliphatic carbocycles. The summed E-state index contributed by atoms with van der Waals surface area (Å²) in [6.45, 7) is 7.25. The first-order valence-electron chi connectivity index (χ1n) is 12.7. The van der Waals surface area contributed by atoms with Gasteiger partial charge in [-0.05, 0) is 42.7 Å². The van der Waals surface area contributed by atoms with Gasteiger partial charge < -0.3 is 15.0 Å². The minimum Gasteiger partial charge on any atom is -0.363 e. The van der Waals surface area contributed by atoms with E-state index in [0.29, 0.717) is 42.3 Å². The number of hydrogen-bond acceptors (Lipinski definition) is 7. The lowest BCUT2D eigenvalue weighted by Crippen LogP contribution is -2.58. The Morgan fingerprint density at radius 2 is 1.95 bits per heavy atom. The normalized spacial score (nSPS) is 17.0. The number of halogens is 2. The molecule has 0 spiro atoms. The van der Waals surface area contributed by atoms with E-state index in [2.05, 4.69) is 15.3 Å². The van der Waals surface area contributed by atoms with Crippen LogP contribution in [0.25, 0.3) is 28.0 Å². The van der Waals surface area contributed by atoms with E-state index in [0.717, 1.165) is 5.56 Å². The van der Waals surface area contributed by atoms with Crippen molar-refractivity contribution < 1.29 is 13.9 Å². The Balaban J connectivity index is 1.53. The minimum atomic E-state index is -0.559. The first kappa shape index (κ1) is 25.4. The number of ether oxygens (including phenoxy) is 1. The van der Waals surface area contributed by atoms with E-state index in [1.165, 1.54) is 10.6 Å². The van der Waals surface area contributed by atoms with Gasteiger partial charge in [-0.25, -0.2) is 18.7 Å². The summed E-state index contributed by atoms with van der Waals surface area (Å²) in [5, 5.41) is 3.99. The number of nitrogens with zero attached hydrogens (tertiary/aromatic N) is 5.